The minimum absolute atomic E-state index is 0.0992. The fourth-order valence-electron chi connectivity index (χ4n) is 1.58. The lowest BCUT2D eigenvalue weighted by molar-refractivity contribution is -0.387. The Hall–Kier alpha value is -1.81. The Labute approximate surface area is 151 Å². The number of nitro groups is 1. The maximum atomic E-state index is 11.7. The number of nitro benzene ring substituents is 1. The number of carboxylic acids is 1. The molecule has 0 spiro atoms. The van der Waals surface area contributed by atoms with Crippen LogP contribution in [0.3, 0.4) is 0 Å². The van der Waals surface area contributed by atoms with Gasteiger partial charge in [-0.1, -0.05) is 6.07 Å². The number of carbonyl (C=O) groups excluding carboxylic acids is 1. The van der Waals surface area contributed by atoms with Gasteiger partial charge in [-0.05, 0) is 42.8 Å². The Morgan fingerprint density at radius 3 is 2.58 bits per heavy atom. The van der Waals surface area contributed by atoms with Gasteiger partial charge in [-0.25, -0.2) is 9.59 Å². The van der Waals surface area contributed by atoms with Gasteiger partial charge in [-0.15, -0.1) is 11.8 Å². The maximum absolute atomic E-state index is 11.7. The molecule has 0 aliphatic carbocycles. The van der Waals surface area contributed by atoms with Crippen molar-refractivity contribution in [3.8, 4) is 0 Å². The van der Waals surface area contributed by atoms with Gasteiger partial charge in [-0.2, -0.15) is 0 Å². The third-order valence-electron chi connectivity index (χ3n) is 2.53. The summed E-state index contributed by atoms with van der Waals surface area (Å²) in [6, 6.07) is 3.20. The second-order valence-corrected chi connectivity index (χ2v) is 7.58. The zero-order chi connectivity index (χ0) is 18.5. The molecule has 1 amide bonds. The van der Waals surface area contributed by atoms with Crippen LogP contribution in [0.15, 0.2) is 27.6 Å². The summed E-state index contributed by atoms with van der Waals surface area (Å²) in [5.74, 6) is -1.36. The molecule has 1 aromatic carbocycles. The highest BCUT2D eigenvalue weighted by atomic mass is 79.9. The standard InChI is InChI=1S/C14H17BrN2O6S/c1-14(2,3)23-13(20)16-9(12(18)19)7-24-11-8(15)5-4-6-10(11)17(21)22/h4-6,9H,7H2,1-3H3,(H,16,20)(H,18,19)/t9-/m0/s1. The van der Waals surface area contributed by atoms with Gasteiger partial charge in [0, 0.05) is 16.3 Å². The Balaban J connectivity index is 2.84. The van der Waals surface area contributed by atoms with E-state index in [1.165, 1.54) is 12.1 Å². The van der Waals surface area contributed by atoms with E-state index in [2.05, 4.69) is 21.2 Å². The highest BCUT2D eigenvalue weighted by Gasteiger charge is 2.26. The summed E-state index contributed by atoms with van der Waals surface area (Å²) in [5.41, 5.74) is -0.905. The van der Waals surface area contributed by atoms with Crippen molar-refractivity contribution >= 4 is 45.4 Å². The van der Waals surface area contributed by atoms with E-state index in [9.17, 15) is 24.8 Å². The lowest BCUT2D eigenvalue weighted by Crippen LogP contribution is -2.44. The fraction of sp³-hybridized carbons (Fsp3) is 0.429. The Kier molecular flexibility index (Phi) is 7.03. The third kappa shape index (κ3) is 6.36. The molecule has 0 fully saturated rings. The molecule has 0 aromatic heterocycles. The number of nitrogens with zero attached hydrogens (tertiary/aromatic N) is 1. The fourth-order valence-corrected chi connectivity index (χ4v) is 3.33. The molecule has 0 unspecified atom stereocenters. The van der Waals surface area contributed by atoms with Crippen LogP contribution in [0.2, 0.25) is 0 Å². The molecule has 132 valence electrons. The number of thioether (sulfide) groups is 1. The summed E-state index contributed by atoms with van der Waals surface area (Å²) >= 11 is 4.17. The molecule has 1 rings (SSSR count). The van der Waals surface area contributed by atoms with Crippen molar-refractivity contribution in [2.24, 2.45) is 0 Å². The summed E-state index contributed by atoms with van der Waals surface area (Å²) in [4.78, 5) is 33.8. The second kappa shape index (κ2) is 8.34. The highest BCUT2D eigenvalue weighted by Crippen LogP contribution is 2.36. The van der Waals surface area contributed by atoms with Crippen LogP contribution in [0.25, 0.3) is 0 Å². The van der Waals surface area contributed by atoms with Gasteiger partial charge in [0.25, 0.3) is 5.69 Å². The Bertz CT molecular complexity index is 647. The van der Waals surface area contributed by atoms with E-state index in [-0.39, 0.29) is 11.4 Å². The van der Waals surface area contributed by atoms with Gasteiger partial charge in [0.2, 0.25) is 0 Å². The number of alkyl carbamates (subject to hydrolysis) is 1. The lowest BCUT2D eigenvalue weighted by Gasteiger charge is -2.21. The van der Waals surface area contributed by atoms with E-state index in [1.54, 1.807) is 26.8 Å². The first kappa shape index (κ1) is 20.2. The van der Waals surface area contributed by atoms with Gasteiger partial charge in [0.1, 0.15) is 11.6 Å². The van der Waals surface area contributed by atoms with Crippen LogP contribution in [-0.2, 0) is 9.53 Å². The predicted octanol–water partition coefficient (Wildman–Crippen LogP) is 3.43. The van der Waals surface area contributed by atoms with Gasteiger partial charge >= 0.3 is 12.1 Å². The van der Waals surface area contributed by atoms with E-state index >= 15 is 0 Å². The number of aliphatic carboxylic acids is 1. The van der Waals surface area contributed by atoms with E-state index in [0.29, 0.717) is 9.37 Å². The smallest absolute Gasteiger partial charge is 0.408 e. The molecule has 10 heteroatoms. The first-order chi connectivity index (χ1) is 11.0. The van der Waals surface area contributed by atoms with Gasteiger partial charge in [-0.3, -0.25) is 10.1 Å². The van der Waals surface area contributed by atoms with Crippen molar-refractivity contribution in [1.29, 1.82) is 0 Å². The van der Waals surface area contributed by atoms with Crippen LogP contribution in [0.4, 0.5) is 10.5 Å². The number of carbonyl (C=O) groups is 2. The molecule has 1 aromatic rings. The quantitative estimate of drug-likeness (QED) is 0.410. The number of hydrogen-bond donors (Lipinski definition) is 2. The van der Waals surface area contributed by atoms with Crippen molar-refractivity contribution in [1.82, 2.24) is 5.32 Å². The van der Waals surface area contributed by atoms with E-state index in [4.69, 9.17) is 4.74 Å². The van der Waals surface area contributed by atoms with Crippen molar-refractivity contribution in [2.75, 3.05) is 5.75 Å². The average molecular weight is 421 g/mol. The average Bonchev–Trinajstić information content (AvgIpc) is 2.41. The summed E-state index contributed by atoms with van der Waals surface area (Å²) in [7, 11) is 0. The number of rotatable bonds is 6. The Morgan fingerprint density at radius 1 is 1.46 bits per heavy atom. The molecule has 1 atom stereocenters. The SMILES string of the molecule is CC(C)(C)OC(=O)N[C@@H](CSc1c(Br)cccc1[N+](=O)[O-])C(=O)O. The highest BCUT2D eigenvalue weighted by molar-refractivity contribution is 9.10. The van der Waals surface area contributed by atoms with Gasteiger partial charge in [0.05, 0.1) is 9.82 Å². The molecular formula is C14H17BrN2O6S. The molecule has 0 bridgehead atoms. The monoisotopic (exact) mass is 420 g/mol. The summed E-state index contributed by atoms with van der Waals surface area (Å²) in [6.07, 6.45) is -0.864. The zero-order valence-electron chi connectivity index (χ0n) is 13.2. The number of nitrogens with one attached hydrogen (secondary N) is 1. The van der Waals surface area contributed by atoms with Crippen LogP contribution < -0.4 is 5.32 Å². The van der Waals surface area contributed by atoms with Gasteiger partial charge in [0.15, 0.2) is 0 Å². The minimum Gasteiger partial charge on any atom is -0.480 e. The molecule has 2 N–H and O–H groups in total. The largest absolute Gasteiger partial charge is 0.480 e. The summed E-state index contributed by atoms with van der Waals surface area (Å²) in [5, 5.41) is 22.5. The summed E-state index contributed by atoms with van der Waals surface area (Å²) in [6.45, 7) is 4.96. The first-order valence-corrected chi connectivity index (χ1v) is 8.57. The minimum atomic E-state index is -1.26. The molecule has 0 radical (unpaired) electrons. The molecule has 8 nitrogen and oxygen atoms in total. The van der Waals surface area contributed by atoms with Crippen LogP contribution in [0.1, 0.15) is 20.8 Å². The lowest BCUT2D eigenvalue weighted by atomic mass is 10.2. The number of hydrogen-bond acceptors (Lipinski definition) is 6. The van der Waals surface area contributed by atoms with E-state index < -0.39 is 28.6 Å². The second-order valence-electron chi connectivity index (χ2n) is 5.69. The van der Waals surface area contributed by atoms with E-state index in [1.807, 2.05) is 0 Å². The van der Waals surface area contributed by atoms with Crippen molar-refractivity contribution in [2.45, 2.75) is 37.3 Å². The molecule has 24 heavy (non-hydrogen) atoms. The molecule has 0 heterocycles. The van der Waals surface area contributed by atoms with Crippen LogP contribution in [-0.4, -0.2) is 39.5 Å². The van der Waals surface area contributed by atoms with Crippen LogP contribution in [0, 0.1) is 10.1 Å². The number of amides is 1. The first-order valence-electron chi connectivity index (χ1n) is 6.79. The van der Waals surface area contributed by atoms with Crippen LogP contribution >= 0.6 is 27.7 Å². The predicted molar refractivity (Wildman–Crippen MR) is 92.3 cm³/mol. The zero-order valence-corrected chi connectivity index (χ0v) is 15.6. The summed E-state index contributed by atoms with van der Waals surface area (Å²) < 4.78 is 5.49. The maximum Gasteiger partial charge on any atom is 0.408 e. The molecule has 0 saturated heterocycles. The third-order valence-corrected chi connectivity index (χ3v) is 4.67. The van der Waals surface area contributed by atoms with Crippen molar-refractivity contribution in [3.05, 3.63) is 32.8 Å². The topological polar surface area (TPSA) is 119 Å². The van der Waals surface area contributed by atoms with Crippen molar-refractivity contribution in [3.63, 3.8) is 0 Å². The van der Waals surface area contributed by atoms with Crippen molar-refractivity contribution < 1.29 is 24.4 Å². The Morgan fingerprint density at radius 2 is 2.08 bits per heavy atom. The molecule has 0 aliphatic heterocycles. The number of benzene rings is 1. The molecule has 0 aliphatic rings. The molecular weight excluding hydrogens is 404 g/mol. The van der Waals surface area contributed by atoms with E-state index in [0.717, 1.165) is 11.8 Å². The number of carboxylic acid groups (broad SMARTS) is 1. The molecule has 0 saturated carbocycles. The number of ether oxygens (including phenoxy) is 1. The van der Waals surface area contributed by atoms with Gasteiger partial charge < -0.3 is 15.2 Å². The normalized spacial score (nSPS) is 12.3. The van der Waals surface area contributed by atoms with Crippen LogP contribution in [0.5, 0.6) is 0 Å². The number of halogens is 1.